The minimum Gasteiger partial charge on any atom is -0.453 e. The number of carbonyl (C=O) groups excluding carboxylic acids is 4. The number of likely N-dealkylation sites (tertiary alicyclic amines) is 2. The number of hydrogen-bond donors (Lipinski definition) is 4. The first-order valence-electron chi connectivity index (χ1n) is 20.0. The van der Waals surface area contributed by atoms with Gasteiger partial charge in [-0.2, -0.15) is 0 Å². The van der Waals surface area contributed by atoms with E-state index in [4.69, 9.17) is 19.4 Å². The van der Waals surface area contributed by atoms with Gasteiger partial charge in [-0.25, -0.2) is 19.6 Å². The first-order chi connectivity index (χ1) is 27.5. The van der Waals surface area contributed by atoms with Crippen LogP contribution < -0.4 is 10.6 Å². The zero-order valence-electron chi connectivity index (χ0n) is 34.6. The summed E-state index contributed by atoms with van der Waals surface area (Å²) < 4.78 is 9.63. The van der Waals surface area contributed by atoms with Crippen LogP contribution in [0.4, 0.5) is 9.59 Å². The van der Waals surface area contributed by atoms with Crippen LogP contribution in [0.25, 0.3) is 44.3 Å². The van der Waals surface area contributed by atoms with E-state index < -0.39 is 35.1 Å². The van der Waals surface area contributed by atoms with E-state index in [9.17, 15) is 19.2 Å². The smallest absolute Gasteiger partial charge is 0.407 e. The molecular weight excluding hydrogens is 737 g/mol. The van der Waals surface area contributed by atoms with Gasteiger partial charge in [-0.15, -0.1) is 0 Å². The SMILES string of the molecule is COC(=O)NC(C(=O)N1CCCC1c1nc2cc(-c3ccc(-c4ccc5nc(C6CCCN6C(=O)C(NC(=O)OC)C(C)(C)C)[nH]c5c4)cc3)ccc2[nH]1)C(C)(C)C. The zero-order chi connectivity index (χ0) is 41.5. The number of H-pyrrole nitrogens is 2. The summed E-state index contributed by atoms with van der Waals surface area (Å²) in [5, 5.41) is 5.49. The van der Waals surface area contributed by atoms with Crippen LogP contribution in [0.2, 0.25) is 0 Å². The Morgan fingerprint density at radius 3 is 1.53 bits per heavy atom. The molecule has 0 bridgehead atoms. The first-order valence-corrected chi connectivity index (χ1v) is 20.0. The van der Waals surface area contributed by atoms with Gasteiger partial charge >= 0.3 is 12.2 Å². The summed E-state index contributed by atoms with van der Waals surface area (Å²) >= 11 is 0. The lowest BCUT2D eigenvalue weighted by atomic mass is 9.85. The molecule has 4 atom stereocenters. The number of aromatic nitrogens is 4. The summed E-state index contributed by atoms with van der Waals surface area (Å²) in [6, 6.07) is 18.7. The number of nitrogens with zero attached hydrogens (tertiary/aromatic N) is 4. The Morgan fingerprint density at radius 1 is 0.621 bits per heavy atom. The van der Waals surface area contributed by atoms with Gasteiger partial charge in [0.05, 0.1) is 48.4 Å². The predicted octanol–water partition coefficient (Wildman–Crippen LogP) is 7.64. The maximum absolute atomic E-state index is 13.8. The number of aromatic amines is 2. The summed E-state index contributed by atoms with van der Waals surface area (Å²) in [7, 11) is 2.59. The Hall–Kier alpha value is -5.92. The molecule has 2 fully saturated rings. The van der Waals surface area contributed by atoms with Crippen LogP contribution in [-0.2, 0) is 19.1 Å². The number of fused-ring (bicyclic) bond motifs is 2. The maximum Gasteiger partial charge on any atom is 0.407 e. The van der Waals surface area contributed by atoms with Gasteiger partial charge in [0.1, 0.15) is 23.7 Å². The van der Waals surface area contributed by atoms with Crippen molar-refractivity contribution in [3.05, 3.63) is 72.3 Å². The third kappa shape index (κ3) is 8.09. The molecule has 2 aliphatic heterocycles. The second kappa shape index (κ2) is 15.8. The van der Waals surface area contributed by atoms with E-state index >= 15 is 0 Å². The van der Waals surface area contributed by atoms with Crippen molar-refractivity contribution >= 4 is 46.1 Å². The summed E-state index contributed by atoms with van der Waals surface area (Å²) in [4.78, 5) is 72.4. The number of carbonyl (C=O) groups is 4. The third-order valence-corrected chi connectivity index (χ3v) is 11.4. The standard InChI is InChI=1S/C44H54N8O6/c1-43(2,3)35(49-41(55)57-7)39(53)51-21-9-11-33(51)37-45-29-19-17-27(23-31(29)47-37)25-13-15-26(16-14-25)28-18-20-30-32(24-28)48-38(46-30)34-12-10-22-52(34)40(54)36(44(4,5)6)50-42(56)58-8/h13-20,23-24,33-36H,9-12,21-22H2,1-8H3,(H,45,47)(H,46,48)(H,49,55)(H,50,56). The molecule has 14 heteroatoms. The van der Waals surface area contributed by atoms with Crippen molar-refractivity contribution in [1.82, 2.24) is 40.4 Å². The van der Waals surface area contributed by atoms with E-state index in [0.29, 0.717) is 13.1 Å². The maximum atomic E-state index is 13.8. The second-order valence-electron chi connectivity index (χ2n) is 17.5. The predicted molar refractivity (Wildman–Crippen MR) is 222 cm³/mol. The molecule has 306 valence electrons. The molecule has 0 aliphatic carbocycles. The van der Waals surface area contributed by atoms with Gasteiger partial charge < -0.3 is 39.9 Å². The van der Waals surface area contributed by atoms with Crippen molar-refractivity contribution in [2.45, 2.75) is 91.4 Å². The van der Waals surface area contributed by atoms with E-state index in [2.05, 4.69) is 69.1 Å². The van der Waals surface area contributed by atoms with Crippen molar-refractivity contribution in [3.63, 3.8) is 0 Å². The molecule has 0 radical (unpaired) electrons. The third-order valence-electron chi connectivity index (χ3n) is 11.4. The molecule has 4 heterocycles. The molecule has 5 aromatic rings. The number of benzene rings is 3. The molecule has 0 saturated carbocycles. The largest absolute Gasteiger partial charge is 0.453 e. The van der Waals surface area contributed by atoms with E-state index in [0.717, 1.165) is 81.7 Å². The van der Waals surface area contributed by atoms with Crippen molar-refractivity contribution < 1.29 is 28.7 Å². The van der Waals surface area contributed by atoms with Crippen LogP contribution >= 0.6 is 0 Å². The number of amides is 4. The van der Waals surface area contributed by atoms with E-state index in [1.807, 2.05) is 63.5 Å². The molecule has 7 rings (SSSR count). The number of alkyl carbamates (subject to hydrolysis) is 2. The van der Waals surface area contributed by atoms with Crippen molar-refractivity contribution in [2.75, 3.05) is 27.3 Å². The summed E-state index contributed by atoms with van der Waals surface area (Å²) in [5.41, 5.74) is 6.50. The monoisotopic (exact) mass is 790 g/mol. The number of hydrogen-bond acceptors (Lipinski definition) is 8. The number of imidazole rings is 2. The van der Waals surface area contributed by atoms with Crippen LogP contribution in [0.15, 0.2) is 60.7 Å². The van der Waals surface area contributed by atoms with Gasteiger partial charge in [0.2, 0.25) is 11.8 Å². The summed E-state index contributed by atoms with van der Waals surface area (Å²) in [5.74, 6) is 1.16. The van der Waals surface area contributed by atoms with Crippen LogP contribution in [0.3, 0.4) is 0 Å². The van der Waals surface area contributed by atoms with Gasteiger partial charge in [-0.1, -0.05) is 77.9 Å². The van der Waals surface area contributed by atoms with Crippen LogP contribution in [-0.4, -0.2) is 93.1 Å². The lowest BCUT2D eigenvalue weighted by molar-refractivity contribution is -0.137. The zero-order valence-corrected chi connectivity index (χ0v) is 34.6. The molecule has 3 aromatic carbocycles. The van der Waals surface area contributed by atoms with Crippen molar-refractivity contribution in [3.8, 4) is 22.3 Å². The number of rotatable bonds is 8. The Balaban J connectivity index is 1.07. The highest BCUT2D eigenvalue weighted by Crippen LogP contribution is 2.37. The average molecular weight is 791 g/mol. The van der Waals surface area contributed by atoms with Crippen LogP contribution in [0.1, 0.15) is 91.0 Å². The fraction of sp³-hybridized carbons (Fsp3) is 0.455. The number of nitrogens with one attached hydrogen (secondary N) is 4. The van der Waals surface area contributed by atoms with Crippen molar-refractivity contribution in [2.24, 2.45) is 10.8 Å². The van der Waals surface area contributed by atoms with Crippen LogP contribution in [0.5, 0.6) is 0 Å². The fourth-order valence-corrected chi connectivity index (χ4v) is 8.20. The van der Waals surface area contributed by atoms with E-state index in [1.165, 1.54) is 14.2 Å². The molecular formula is C44H54N8O6. The van der Waals surface area contributed by atoms with Gasteiger partial charge in [0.15, 0.2) is 0 Å². The lowest BCUT2D eigenvalue weighted by Crippen LogP contribution is -2.54. The fourth-order valence-electron chi connectivity index (χ4n) is 8.20. The van der Waals surface area contributed by atoms with E-state index in [-0.39, 0.29) is 23.9 Å². The van der Waals surface area contributed by atoms with Crippen LogP contribution in [0, 0.1) is 10.8 Å². The topological polar surface area (TPSA) is 175 Å². The summed E-state index contributed by atoms with van der Waals surface area (Å²) in [6.07, 6.45) is 1.95. The molecule has 0 spiro atoms. The lowest BCUT2D eigenvalue weighted by Gasteiger charge is -2.34. The van der Waals surface area contributed by atoms with Gasteiger partial charge in [0, 0.05) is 13.1 Å². The van der Waals surface area contributed by atoms with Crippen molar-refractivity contribution in [1.29, 1.82) is 0 Å². The molecule has 2 aromatic heterocycles. The first kappa shape index (κ1) is 40.3. The van der Waals surface area contributed by atoms with E-state index in [1.54, 1.807) is 0 Å². The van der Waals surface area contributed by atoms with Gasteiger partial charge in [-0.3, -0.25) is 9.59 Å². The molecule has 14 nitrogen and oxygen atoms in total. The molecule has 58 heavy (non-hydrogen) atoms. The molecule has 4 unspecified atom stereocenters. The highest BCUT2D eigenvalue weighted by molar-refractivity contribution is 5.89. The minimum absolute atomic E-state index is 0.151. The normalized spacial score (nSPS) is 18.3. The second-order valence-corrected chi connectivity index (χ2v) is 17.5. The molecule has 4 amide bonds. The minimum atomic E-state index is -0.746. The highest BCUT2D eigenvalue weighted by atomic mass is 16.5. The molecule has 4 N–H and O–H groups in total. The number of ether oxygens (including phenoxy) is 2. The van der Waals surface area contributed by atoms with Gasteiger partial charge in [0.25, 0.3) is 0 Å². The average Bonchev–Trinajstić information content (AvgIpc) is 4.02. The quantitative estimate of drug-likeness (QED) is 0.124. The summed E-state index contributed by atoms with van der Waals surface area (Å²) in [6.45, 7) is 12.7. The van der Waals surface area contributed by atoms with Gasteiger partial charge in [-0.05, 0) is 83.0 Å². The Kier molecular flexibility index (Phi) is 11.0. The Bertz CT molecular complexity index is 2170. The Labute approximate surface area is 338 Å². The Morgan fingerprint density at radius 2 is 1.05 bits per heavy atom. The number of methoxy groups -OCH3 is 2. The molecule has 2 saturated heterocycles. The molecule has 2 aliphatic rings. The highest BCUT2D eigenvalue weighted by Gasteiger charge is 2.42.